The fourth-order valence-electron chi connectivity index (χ4n) is 4.34. The molecule has 0 saturated heterocycles. The highest BCUT2D eigenvalue weighted by atomic mass is 35.5. The van der Waals surface area contributed by atoms with Gasteiger partial charge in [0.25, 0.3) is 0 Å². The molecule has 154 valence electrons. The second-order valence-corrected chi connectivity index (χ2v) is 8.86. The summed E-state index contributed by atoms with van der Waals surface area (Å²) in [7, 11) is 0. The zero-order valence-corrected chi connectivity index (χ0v) is 19.0. The summed E-state index contributed by atoms with van der Waals surface area (Å²) >= 11 is 1.90. The molecular weight excluding hydrogens is 410 g/mol. The number of pyridine rings is 1. The van der Waals surface area contributed by atoms with E-state index in [0.717, 1.165) is 17.0 Å². The van der Waals surface area contributed by atoms with Crippen LogP contribution in [0.4, 0.5) is 0 Å². The van der Waals surface area contributed by atoms with Crippen LogP contribution >= 0.6 is 23.7 Å². The summed E-state index contributed by atoms with van der Waals surface area (Å²) in [6.45, 7) is 4.86. The van der Waals surface area contributed by atoms with Gasteiger partial charge in [0.15, 0.2) is 0 Å². The number of aryl methyl sites for hydroxylation is 3. The molecule has 0 bridgehead atoms. The van der Waals surface area contributed by atoms with E-state index in [9.17, 15) is 0 Å². The van der Waals surface area contributed by atoms with Crippen molar-refractivity contribution >= 4 is 34.0 Å². The van der Waals surface area contributed by atoms with E-state index in [-0.39, 0.29) is 12.4 Å². The number of benzene rings is 2. The van der Waals surface area contributed by atoms with Crippen LogP contribution in [0.5, 0.6) is 5.75 Å². The second-order valence-electron chi connectivity index (χ2n) is 7.77. The molecule has 2 nitrogen and oxygen atoms in total. The molecule has 5 rings (SSSR count). The molecule has 0 spiro atoms. The van der Waals surface area contributed by atoms with Crippen LogP contribution in [-0.2, 0) is 12.8 Å². The Morgan fingerprint density at radius 3 is 2.53 bits per heavy atom. The van der Waals surface area contributed by atoms with E-state index < -0.39 is 0 Å². The molecular formula is C26H26ClNOS. The van der Waals surface area contributed by atoms with Crippen molar-refractivity contribution in [2.75, 3.05) is 6.61 Å². The summed E-state index contributed by atoms with van der Waals surface area (Å²) in [4.78, 5) is 7.83. The first-order chi connectivity index (χ1) is 14.2. The molecule has 2 heterocycles. The quantitative estimate of drug-likeness (QED) is 0.328. The fraction of sp³-hybridized carbons (Fsp3) is 0.269. The molecule has 0 N–H and O–H groups in total. The Bertz CT molecular complexity index is 1180. The van der Waals surface area contributed by atoms with E-state index in [1.54, 1.807) is 5.56 Å². The van der Waals surface area contributed by atoms with Gasteiger partial charge in [0.05, 0.1) is 12.3 Å². The zero-order chi connectivity index (χ0) is 19.8. The Kier molecular flexibility index (Phi) is 6.12. The third-order valence-electron chi connectivity index (χ3n) is 5.72. The van der Waals surface area contributed by atoms with Crippen molar-refractivity contribution in [2.45, 2.75) is 39.5 Å². The average Bonchev–Trinajstić information content (AvgIpc) is 3.12. The van der Waals surface area contributed by atoms with E-state index in [2.05, 4.69) is 49.4 Å². The van der Waals surface area contributed by atoms with Gasteiger partial charge in [-0.15, -0.1) is 23.7 Å². The molecule has 0 saturated carbocycles. The molecule has 2 aromatic carbocycles. The predicted octanol–water partition coefficient (Wildman–Crippen LogP) is 7.64. The normalized spacial score (nSPS) is 13.0. The maximum atomic E-state index is 5.61. The number of rotatable bonds is 4. The molecule has 30 heavy (non-hydrogen) atoms. The highest BCUT2D eigenvalue weighted by molar-refractivity contribution is 7.19. The molecule has 0 amide bonds. The third-order valence-corrected chi connectivity index (χ3v) is 6.90. The molecule has 0 unspecified atom stereocenters. The van der Waals surface area contributed by atoms with E-state index in [1.807, 2.05) is 30.4 Å². The second kappa shape index (κ2) is 8.79. The van der Waals surface area contributed by atoms with E-state index >= 15 is 0 Å². The lowest BCUT2D eigenvalue weighted by Crippen LogP contribution is -1.99. The summed E-state index contributed by atoms with van der Waals surface area (Å²) in [5.41, 5.74) is 7.61. The predicted molar refractivity (Wildman–Crippen MR) is 130 cm³/mol. The highest BCUT2D eigenvalue weighted by Gasteiger charge is 2.21. The van der Waals surface area contributed by atoms with Gasteiger partial charge in [0.2, 0.25) is 0 Å². The van der Waals surface area contributed by atoms with Crippen molar-refractivity contribution < 1.29 is 4.74 Å². The fourth-order valence-corrected chi connectivity index (χ4v) is 5.62. The lowest BCUT2D eigenvalue weighted by Gasteiger charge is -2.14. The minimum absolute atomic E-state index is 0. The molecule has 1 aliphatic carbocycles. The number of ether oxygens (including phenoxy) is 1. The molecule has 4 heteroatoms. The van der Waals surface area contributed by atoms with Crippen molar-refractivity contribution in [3.63, 3.8) is 0 Å². The number of aromatic nitrogens is 1. The molecule has 0 radical (unpaired) electrons. The van der Waals surface area contributed by atoms with Gasteiger partial charge in [-0.2, -0.15) is 0 Å². The standard InChI is InChI=1S/C26H25NOS.ClH/c1-3-28-20-13-11-18(12-14-20)23-16-22(19-8-6-7-17(2)15-19)25-21-9-4-5-10-24(21)29-26(25)27-23;/h6-8,11-16H,3-5,9-10H2,1-2H3;1H. The van der Waals surface area contributed by atoms with Crippen molar-refractivity contribution in [3.05, 3.63) is 70.6 Å². The Morgan fingerprint density at radius 2 is 1.77 bits per heavy atom. The smallest absolute Gasteiger partial charge is 0.125 e. The molecule has 1 aliphatic rings. The maximum absolute atomic E-state index is 5.61. The Hall–Kier alpha value is -2.36. The van der Waals surface area contributed by atoms with Gasteiger partial charge >= 0.3 is 0 Å². The largest absolute Gasteiger partial charge is 0.494 e. The van der Waals surface area contributed by atoms with E-state index in [4.69, 9.17) is 9.72 Å². The van der Waals surface area contributed by atoms with Crippen molar-refractivity contribution in [2.24, 2.45) is 0 Å². The average molecular weight is 436 g/mol. The summed E-state index contributed by atoms with van der Waals surface area (Å²) in [5.74, 6) is 0.905. The van der Waals surface area contributed by atoms with Gasteiger partial charge in [0.1, 0.15) is 10.6 Å². The van der Waals surface area contributed by atoms with Crippen LogP contribution in [0.1, 0.15) is 35.8 Å². The first kappa shape index (κ1) is 20.9. The first-order valence-electron chi connectivity index (χ1n) is 10.5. The summed E-state index contributed by atoms with van der Waals surface area (Å²) in [5, 5.41) is 1.38. The Labute approximate surface area is 188 Å². The number of nitrogens with zero attached hydrogens (tertiary/aromatic N) is 1. The first-order valence-corrected chi connectivity index (χ1v) is 11.3. The maximum Gasteiger partial charge on any atom is 0.125 e. The van der Waals surface area contributed by atoms with Crippen molar-refractivity contribution in [1.82, 2.24) is 4.98 Å². The summed E-state index contributed by atoms with van der Waals surface area (Å²) < 4.78 is 5.61. The third kappa shape index (κ3) is 3.84. The summed E-state index contributed by atoms with van der Waals surface area (Å²) in [6, 6.07) is 19.5. The zero-order valence-electron chi connectivity index (χ0n) is 17.4. The van der Waals surface area contributed by atoms with Crippen molar-refractivity contribution in [3.8, 4) is 28.1 Å². The van der Waals surface area contributed by atoms with Gasteiger partial charge in [0, 0.05) is 15.8 Å². The topological polar surface area (TPSA) is 22.1 Å². The number of thiophene rings is 1. The molecule has 4 aromatic rings. The van der Waals surface area contributed by atoms with Crippen LogP contribution in [-0.4, -0.2) is 11.6 Å². The van der Waals surface area contributed by atoms with Crippen molar-refractivity contribution in [1.29, 1.82) is 0 Å². The van der Waals surface area contributed by atoms with Crippen LogP contribution < -0.4 is 4.74 Å². The molecule has 0 fully saturated rings. The lowest BCUT2D eigenvalue weighted by atomic mass is 9.91. The lowest BCUT2D eigenvalue weighted by molar-refractivity contribution is 0.340. The summed E-state index contributed by atoms with van der Waals surface area (Å²) in [6.07, 6.45) is 4.96. The van der Waals surface area contributed by atoms with E-state index in [0.29, 0.717) is 6.61 Å². The molecule has 2 aromatic heterocycles. The molecule has 0 atom stereocenters. The van der Waals surface area contributed by atoms with Gasteiger partial charge in [-0.3, -0.25) is 0 Å². The minimum Gasteiger partial charge on any atom is -0.494 e. The highest BCUT2D eigenvalue weighted by Crippen LogP contribution is 2.42. The van der Waals surface area contributed by atoms with Crippen LogP contribution in [0, 0.1) is 6.92 Å². The Morgan fingerprint density at radius 1 is 0.967 bits per heavy atom. The van der Waals surface area contributed by atoms with Crippen LogP contribution in [0.25, 0.3) is 32.6 Å². The van der Waals surface area contributed by atoms with Gasteiger partial charge < -0.3 is 4.74 Å². The van der Waals surface area contributed by atoms with Gasteiger partial charge in [-0.05, 0) is 86.6 Å². The van der Waals surface area contributed by atoms with E-state index in [1.165, 1.54) is 57.5 Å². The number of hydrogen-bond acceptors (Lipinski definition) is 3. The Balaban J connectivity index is 0.00000218. The number of fused-ring (bicyclic) bond motifs is 3. The van der Waals surface area contributed by atoms with Crippen LogP contribution in [0.3, 0.4) is 0 Å². The number of halogens is 1. The van der Waals surface area contributed by atoms with Gasteiger partial charge in [-0.1, -0.05) is 29.8 Å². The monoisotopic (exact) mass is 435 g/mol. The van der Waals surface area contributed by atoms with Gasteiger partial charge in [-0.25, -0.2) is 4.98 Å². The molecule has 0 aliphatic heterocycles. The van der Waals surface area contributed by atoms with Crippen LogP contribution in [0.15, 0.2) is 54.6 Å². The van der Waals surface area contributed by atoms with Crippen LogP contribution in [0.2, 0.25) is 0 Å². The minimum atomic E-state index is 0. The number of hydrogen-bond donors (Lipinski definition) is 0. The SMILES string of the molecule is CCOc1ccc(-c2cc(-c3cccc(C)c3)c3c4c(sc3n2)CCCC4)cc1.Cl.